The molecule has 0 spiro atoms. The van der Waals surface area contributed by atoms with Gasteiger partial charge in [-0.3, -0.25) is 18.6 Å². The molecular weight excluding hydrogens is 949 g/mol. The molecule has 14 heteroatoms. The third-order valence-electron chi connectivity index (χ3n) is 13.0. The number of ketones is 1. The van der Waals surface area contributed by atoms with E-state index in [0.717, 1.165) is 63.7 Å². The number of aryl methyl sites for hydroxylation is 1. The van der Waals surface area contributed by atoms with Gasteiger partial charge in [0.25, 0.3) is 10.1 Å². The number of ether oxygens (including phenoxy) is 6. The smallest absolute Gasteiger partial charge is 0.306 e. The summed E-state index contributed by atoms with van der Waals surface area (Å²) in [6, 6.07) is 6.59. The highest BCUT2D eigenvalue weighted by Crippen LogP contribution is 2.40. The van der Waals surface area contributed by atoms with Crippen molar-refractivity contribution in [2.45, 2.75) is 213 Å². The number of carbonyl (C=O) groups excluding carboxylic acids is 3. The van der Waals surface area contributed by atoms with Gasteiger partial charge >= 0.3 is 11.9 Å². The fraction of sp³-hybridized carbons (Fsp3) is 0.746. The van der Waals surface area contributed by atoms with Crippen molar-refractivity contribution in [2.24, 2.45) is 23.7 Å². The molecule has 1 aromatic rings. The van der Waals surface area contributed by atoms with Gasteiger partial charge in [0.2, 0.25) is 0 Å². The van der Waals surface area contributed by atoms with E-state index in [0.29, 0.717) is 71.7 Å². The zero-order valence-electron chi connectivity index (χ0n) is 46.2. The molecule has 1 N–H and O–H groups in total. The molecule has 3 rings (SSSR count). The molecule has 0 aliphatic heterocycles. The molecule has 418 valence electrons. The summed E-state index contributed by atoms with van der Waals surface area (Å²) >= 11 is 0. The summed E-state index contributed by atoms with van der Waals surface area (Å²) in [6.45, 7) is 18.6. The molecule has 0 heterocycles. The second-order valence-electron chi connectivity index (χ2n) is 20.2. The van der Waals surface area contributed by atoms with Crippen LogP contribution in [0.5, 0.6) is 0 Å². The Labute approximate surface area is 442 Å². The Morgan fingerprint density at radius 3 is 1.64 bits per heavy atom. The number of benzene rings is 1. The highest BCUT2D eigenvalue weighted by atomic mass is 32.2. The van der Waals surface area contributed by atoms with Crippen molar-refractivity contribution in [2.75, 3.05) is 52.9 Å². The average Bonchev–Trinajstić information content (AvgIpc) is 3.84. The molecule has 0 amide bonds. The van der Waals surface area contributed by atoms with Crippen LogP contribution in [0.1, 0.15) is 182 Å². The highest BCUT2D eigenvalue weighted by Gasteiger charge is 2.44. The van der Waals surface area contributed by atoms with Gasteiger partial charge in [-0.15, -0.1) is 0 Å². The number of aliphatic hydroxyl groups is 1. The van der Waals surface area contributed by atoms with Crippen molar-refractivity contribution >= 4 is 27.8 Å². The first-order chi connectivity index (χ1) is 35.2. The van der Waals surface area contributed by atoms with Gasteiger partial charge in [0.05, 0.1) is 55.7 Å². The lowest BCUT2D eigenvalue weighted by Crippen LogP contribution is -2.27. The fourth-order valence-electron chi connectivity index (χ4n) is 8.99. The first-order valence-corrected chi connectivity index (χ1v) is 29.5. The van der Waals surface area contributed by atoms with E-state index in [2.05, 4.69) is 26.0 Å². The minimum atomic E-state index is -3.98. The predicted molar refractivity (Wildman–Crippen MR) is 290 cm³/mol. The Balaban J connectivity index is 0.000000524. The number of carbonyl (C=O) groups is 3. The SMILES string of the molecule is CCCCCCCOCCOCC[C@@H]1[C@@H](C/C=C\CCCC(=O)OC(C)C)[C@@H](O)C[C@H]1OS(=O)(=O)c1ccc(C)cc1.CCCCCCCOCCOCC[C@H]1C=CC(=O)[C@@H]1CC=CCCCC(=O)OC(C)C. The van der Waals surface area contributed by atoms with Gasteiger partial charge in [-0.2, -0.15) is 8.42 Å². The highest BCUT2D eigenvalue weighted by molar-refractivity contribution is 7.86. The molecular formula is C59H98O13S. The molecule has 0 bridgehead atoms. The van der Waals surface area contributed by atoms with E-state index in [1.54, 1.807) is 30.3 Å². The molecule has 0 saturated heterocycles. The zero-order chi connectivity index (χ0) is 53.5. The summed E-state index contributed by atoms with van der Waals surface area (Å²) in [4.78, 5) is 35.5. The molecule has 73 heavy (non-hydrogen) atoms. The molecule has 0 aromatic heterocycles. The third-order valence-corrected chi connectivity index (χ3v) is 14.4. The number of rotatable bonds is 41. The number of unbranched alkanes of at least 4 members (excludes halogenated alkanes) is 10. The van der Waals surface area contributed by atoms with Crippen LogP contribution >= 0.6 is 0 Å². The molecule has 6 atom stereocenters. The molecule has 13 nitrogen and oxygen atoms in total. The number of aliphatic hydroxyl groups excluding tert-OH is 1. The van der Waals surface area contributed by atoms with Gasteiger partial charge < -0.3 is 33.5 Å². The lowest BCUT2D eigenvalue weighted by atomic mass is 9.88. The fourth-order valence-corrected chi connectivity index (χ4v) is 10.1. The van der Waals surface area contributed by atoms with Crippen molar-refractivity contribution < 1.29 is 60.5 Å². The van der Waals surface area contributed by atoms with Crippen molar-refractivity contribution in [3.05, 3.63) is 66.3 Å². The van der Waals surface area contributed by atoms with Crippen LogP contribution in [0.2, 0.25) is 0 Å². The van der Waals surface area contributed by atoms with E-state index in [-0.39, 0.29) is 64.9 Å². The first-order valence-electron chi connectivity index (χ1n) is 28.1. The first kappa shape index (κ1) is 65.9. The van der Waals surface area contributed by atoms with Crippen LogP contribution < -0.4 is 0 Å². The second-order valence-corrected chi connectivity index (χ2v) is 21.8. The van der Waals surface area contributed by atoms with Gasteiger partial charge in [0, 0.05) is 51.6 Å². The van der Waals surface area contributed by atoms with Crippen LogP contribution in [-0.2, 0) is 57.1 Å². The second kappa shape index (κ2) is 41.0. The monoisotopic (exact) mass is 1050 g/mol. The van der Waals surface area contributed by atoms with Crippen molar-refractivity contribution in [3.63, 3.8) is 0 Å². The molecule has 1 fully saturated rings. The predicted octanol–water partition coefficient (Wildman–Crippen LogP) is 12.3. The molecule has 0 unspecified atom stereocenters. The van der Waals surface area contributed by atoms with Crippen molar-refractivity contribution in [1.82, 2.24) is 0 Å². The van der Waals surface area contributed by atoms with E-state index >= 15 is 0 Å². The van der Waals surface area contributed by atoms with Crippen molar-refractivity contribution in [3.8, 4) is 0 Å². The lowest BCUT2D eigenvalue weighted by Gasteiger charge is -2.24. The van der Waals surface area contributed by atoms with Crippen LogP contribution in [0.25, 0.3) is 0 Å². The summed E-state index contributed by atoms with van der Waals surface area (Å²) in [7, 11) is -3.98. The maximum atomic E-state index is 13.1. The van der Waals surface area contributed by atoms with Gasteiger partial charge in [0.15, 0.2) is 5.78 Å². The van der Waals surface area contributed by atoms with E-state index in [1.807, 2.05) is 52.8 Å². The van der Waals surface area contributed by atoms with Gasteiger partial charge in [-0.05, 0) is 135 Å². The number of hydrogen-bond donors (Lipinski definition) is 1. The Kier molecular flexibility index (Phi) is 37.0. The Bertz CT molecular complexity index is 1790. The standard InChI is InChI=1S/C33H54O8S.C26H44O5/c1-5-6-7-10-13-21-38-23-24-39-22-20-30-29(14-11-8-9-12-15-33(35)40-26(2)3)31(34)25-32(30)41-42(36,37)28-18-16-27(4)17-19-28;1-4-5-6-9-12-18-29-20-21-30-19-17-23-15-16-25(27)24(23)13-10-7-8-11-14-26(28)31-22(2)3/h8,11,16-19,26,29-32,34H,5-7,9-10,12-15,20-25H2,1-4H3;7,10,15-16,22-24H,4-6,8-9,11-14,17-21H2,1-3H3/b11-8-;/t29-,30-,31+,32-;23-,24-/m11/s1. The average molecular weight is 1050 g/mol. The minimum absolute atomic E-state index is 0.0186. The van der Waals surface area contributed by atoms with Crippen LogP contribution in [0, 0.1) is 30.6 Å². The van der Waals surface area contributed by atoms with E-state index in [4.69, 9.17) is 32.6 Å². The van der Waals surface area contributed by atoms with Crippen LogP contribution in [-0.4, -0.2) is 109 Å². The van der Waals surface area contributed by atoms with Crippen molar-refractivity contribution in [1.29, 1.82) is 0 Å². The Morgan fingerprint density at radius 2 is 1.12 bits per heavy atom. The summed E-state index contributed by atoms with van der Waals surface area (Å²) in [5, 5.41) is 10.9. The molecule has 1 aromatic carbocycles. The zero-order valence-corrected chi connectivity index (χ0v) is 47.0. The molecule has 2 aliphatic rings. The summed E-state index contributed by atoms with van der Waals surface area (Å²) in [5.41, 5.74) is 0.962. The molecule has 2 aliphatic carbocycles. The van der Waals surface area contributed by atoms with Crippen LogP contribution in [0.3, 0.4) is 0 Å². The van der Waals surface area contributed by atoms with Gasteiger partial charge in [0.1, 0.15) is 0 Å². The van der Waals surface area contributed by atoms with Gasteiger partial charge in [-0.25, -0.2) is 0 Å². The van der Waals surface area contributed by atoms with E-state index in [9.17, 15) is 27.9 Å². The topological polar surface area (TPSA) is 170 Å². The number of esters is 2. The third kappa shape index (κ3) is 31.4. The van der Waals surface area contributed by atoms with Crippen LogP contribution in [0.4, 0.5) is 0 Å². The minimum Gasteiger partial charge on any atom is -0.463 e. The van der Waals surface area contributed by atoms with E-state index in [1.165, 1.54) is 51.4 Å². The molecule has 1 saturated carbocycles. The van der Waals surface area contributed by atoms with Crippen LogP contribution in [0.15, 0.2) is 65.6 Å². The summed E-state index contributed by atoms with van der Waals surface area (Å²) in [6.07, 6.45) is 29.5. The maximum Gasteiger partial charge on any atom is 0.306 e. The molecule has 0 radical (unpaired) electrons. The lowest BCUT2D eigenvalue weighted by molar-refractivity contribution is -0.148. The Hall–Kier alpha value is -3.24. The summed E-state index contributed by atoms with van der Waals surface area (Å²) < 4.78 is 65.0. The van der Waals surface area contributed by atoms with Gasteiger partial charge in [-0.1, -0.05) is 113 Å². The number of hydrogen-bond acceptors (Lipinski definition) is 13. The summed E-state index contributed by atoms with van der Waals surface area (Å²) in [5.74, 6) is -0.212. The van der Waals surface area contributed by atoms with E-state index < -0.39 is 22.3 Å². The largest absolute Gasteiger partial charge is 0.463 e. The quantitative estimate of drug-likeness (QED) is 0.0285. The normalized spacial score (nSPS) is 19.9. The maximum absolute atomic E-state index is 13.1. The Morgan fingerprint density at radius 1 is 0.630 bits per heavy atom. The number of allylic oxidation sites excluding steroid dienone is 6.